The molecule has 1 saturated heterocycles. The monoisotopic (exact) mass is 425 g/mol. The van der Waals surface area contributed by atoms with Crippen LogP contribution in [0.2, 0.25) is 0 Å². The number of sulfonamides is 1. The highest BCUT2D eigenvalue weighted by atomic mass is 32.2. The number of nitrogens with zero attached hydrogens (tertiary/aromatic N) is 3. The number of ether oxygens (including phenoxy) is 1. The number of aromatic nitrogens is 3. The summed E-state index contributed by atoms with van der Waals surface area (Å²) in [7, 11) is -1.49. The molecule has 0 spiro atoms. The van der Waals surface area contributed by atoms with Crippen LogP contribution >= 0.6 is 11.8 Å². The summed E-state index contributed by atoms with van der Waals surface area (Å²) < 4.78 is 32.3. The number of rotatable bonds is 8. The lowest BCUT2D eigenvalue weighted by molar-refractivity contribution is -0.119. The van der Waals surface area contributed by atoms with Crippen LogP contribution in [0.5, 0.6) is 0 Å². The van der Waals surface area contributed by atoms with Crippen molar-refractivity contribution < 1.29 is 17.9 Å². The Morgan fingerprint density at radius 1 is 1.32 bits per heavy atom. The van der Waals surface area contributed by atoms with Gasteiger partial charge in [0.25, 0.3) is 0 Å². The van der Waals surface area contributed by atoms with Gasteiger partial charge < -0.3 is 14.6 Å². The van der Waals surface area contributed by atoms with E-state index >= 15 is 0 Å². The van der Waals surface area contributed by atoms with E-state index in [-0.39, 0.29) is 17.8 Å². The number of carbonyl (C=O) groups is 1. The van der Waals surface area contributed by atoms with Crippen LogP contribution < -0.4 is 10.0 Å². The molecule has 11 heteroatoms. The first kappa shape index (κ1) is 20.6. The third-order valence-corrected chi connectivity index (χ3v) is 5.79. The average Bonchev–Trinajstić information content (AvgIpc) is 3.27. The average molecular weight is 426 g/mol. The van der Waals surface area contributed by atoms with Gasteiger partial charge in [-0.2, -0.15) is 0 Å². The number of thioether (sulfide) groups is 1. The van der Waals surface area contributed by atoms with Crippen LogP contribution in [0.25, 0.3) is 11.4 Å². The Morgan fingerprint density at radius 2 is 2.07 bits per heavy atom. The number of carbonyl (C=O) groups excluding carboxylic acids is 1. The van der Waals surface area contributed by atoms with Crippen molar-refractivity contribution >= 4 is 33.4 Å². The van der Waals surface area contributed by atoms with Gasteiger partial charge in [0.1, 0.15) is 0 Å². The van der Waals surface area contributed by atoms with Gasteiger partial charge in [0.2, 0.25) is 15.9 Å². The molecular formula is C17H23N5O4S2. The fraction of sp³-hybridized carbons (Fsp3) is 0.471. The van der Waals surface area contributed by atoms with E-state index in [2.05, 4.69) is 20.2 Å². The zero-order valence-corrected chi connectivity index (χ0v) is 17.3. The molecule has 1 aromatic heterocycles. The molecule has 1 aromatic carbocycles. The SMILES string of the molecule is Cn1c(SCC(=O)NC[C@@H]2CCCO2)nnc1-c1ccc(NS(C)(=O)=O)cc1. The summed E-state index contributed by atoms with van der Waals surface area (Å²) in [5.41, 5.74) is 1.27. The normalized spacial score (nSPS) is 16.9. The van der Waals surface area contributed by atoms with Gasteiger partial charge in [-0.1, -0.05) is 11.8 Å². The van der Waals surface area contributed by atoms with Crippen LogP contribution in [0.15, 0.2) is 29.4 Å². The van der Waals surface area contributed by atoms with E-state index in [1.807, 2.05) is 7.05 Å². The van der Waals surface area contributed by atoms with Crippen LogP contribution in [-0.4, -0.2) is 60.4 Å². The fourth-order valence-electron chi connectivity index (χ4n) is 2.81. The van der Waals surface area contributed by atoms with Crippen LogP contribution in [0.1, 0.15) is 12.8 Å². The molecular weight excluding hydrogens is 402 g/mol. The Kier molecular flexibility index (Phi) is 6.57. The standard InChI is InChI=1S/C17H23N5O4S2/c1-22-16(12-5-7-13(8-6-12)21-28(2,24)25)19-20-17(22)27-11-15(23)18-10-14-4-3-9-26-14/h5-8,14,21H,3-4,9-11H2,1-2H3,(H,18,23)/t14-/m0/s1. The molecule has 9 nitrogen and oxygen atoms in total. The maximum absolute atomic E-state index is 12.0. The van der Waals surface area contributed by atoms with Gasteiger partial charge >= 0.3 is 0 Å². The van der Waals surface area contributed by atoms with Crippen molar-refractivity contribution in [2.45, 2.75) is 24.1 Å². The summed E-state index contributed by atoms with van der Waals surface area (Å²) in [6.07, 6.45) is 3.25. The van der Waals surface area contributed by atoms with E-state index in [1.165, 1.54) is 11.8 Å². The molecule has 1 amide bonds. The van der Waals surface area contributed by atoms with Crippen molar-refractivity contribution in [3.8, 4) is 11.4 Å². The smallest absolute Gasteiger partial charge is 0.230 e. The van der Waals surface area contributed by atoms with Gasteiger partial charge in [-0.05, 0) is 37.1 Å². The topological polar surface area (TPSA) is 115 Å². The van der Waals surface area contributed by atoms with Crippen LogP contribution in [0.4, 0.5) is 5.69 Å². The largest absolute Gasteiger partial charge is 0.376 e. The molecule has 0 aliphatic carbocycles. The van der Waals surface area contributed by atoms with E-state index in [4.69, 9.17) is 4.74 Å². The fourth-order valence-corrected chi connectivity index (χ4v) is 4.11. The highest BCUT2D eigenvalue weighted by molar-refractivity contribution is 7.99. The summed E-state index contributed by atoms with van der Waals surface area (Å²) in [5.74, 6) is 0.810. The molecule has 0 bridgehead atoms. The Labute approximate surface area is 168 Å². The predicted octanol–water partition coefficient (Wildman–Crippen LogP) is 1.24. The third kappa shape index (κ3) is 5.69. The van der Waals surface area contributed by atoms with Crippen LogP contribution in [0, 0.1) is 0 Å². The number of hydrogen-bond acceptors (Lipinski definition) is 7. The second-order valence-corrected chi connectivity index (χ2v) is 9.24. The number of anilines is 1. The summed E-state index contributed by atoms with van der Waals surface area (Å²) in [5, 5.41) is 11.8. The molecule has 2 heterocycles. The minimum atomic E-state index is -3.32. The summed E-state index contributed by atoms with van der Waals surface area (Å²) in [4.78, 5) is 12.0. The molecule has 28 heavy (non-hydrogen) atoms. The van der Waals surface area contributed by atoms with Crippen molar-refractivity contribution in [1.29, 1.82) is 0 Å². The van der Waals surface area contributed by atoms with Gasteiger partial charge in [-0.25, -0.2) is 8.42 Å². The van der Waals surface area contributed by atoms with E-state index < -0.39 is 10.0 Å². The molecule has 152 valence electrons. The molecule has 1 fully saturated rings. The Bertz CT molecular complexity index is 922. The number of hydrogen-bond donors (Lipinski definition) is 2. The maximum Gasteiger partial charge on any atom is 0.230 e. The maximum atomic E-state index is 12.0. The van der Waals surface area contributed by atoms with Crippen molar-refractivity contribution in [3.63, 3.8) is 0 Å². The minimum Gasteiger partial charge on any atom is -0.376 e. The van der Waals surface area contributed by atoms with Gasteiger partial charge in [0.05, 0.1) is 18.1 Å². The minimum absolute atomic E-state index is 0.0683. The molecule has 2 aromatic rings. The second kappa shape index (κ2) is 8.93. The molecule has 2 N–H and O–H groups in total. The first-order valence-corrected chi connectivity index (χ1v) is 11.7. The zero-order chi connectivity index (χ0) is 20.1. The predicted molar refractivity (Wildman–Crippen MR) is 108 cm³/mol. The highest BCUT2D eigenvalue weighted by Crippen LogP contribution is 2.24. The van der Waals surface area contributed by atoms with Crippen molar-refractivity contribution in [2.24, 2.45) is 7.05 Å². The first-order valence-electron chi connectivity index (χ1n) is 8.80. The summed E-state index contributed by atoms with van der Waals surface area (Å²) in [6, 6.07) is 6.85. The highest BCUT2D eigenvalue weighted by Gasteiger charge is 2.17. The van der Waals surface area contributed by atoms with Crippen molar-refractivity contribution in [2.75, 3.05) is 29.9 Å². The summed E-state index contributed by atoms with van der Waals surface area (Å²) >= 11 is 1.31. The van der Waals surface area contributed by atoms with Gasteiger partial charge in [0.15, 0.2) is 11.0 Å². The Morgan fingerprint density at radius 3 is 2.71 bits per heavy atom. The molecule has 3 rings (SSSR count). The van der Waals surface area contributed by atoms with E-state index in [0.717, 1.165) is 31.3 Å². The lowest BCUT2D eigenvalue weighted by Gasteiger charge is -2.10. The molecule has 1 aliphatic heterocycles. The molecule has 0 saturated carbocycles. The van der Waals surface area contributed by atoms with Crippen LogP contribution in [-0.2, 0) is 26.6 Å². The Balaban J connectivity index is 1.56. The molecule has 0 unspecified atom stereocenters. The van der Waals surface area contributed by atoms with Crippen molar-refractivity contribution in [3.05, 3.63) is 24.3 Å². The van der Waals surface area contributed by atoms with E-state index in [9.17, 15) is 13.2 Å². The van der Waals surface area contributed by atoms with Crippen LogP contribution in [0.3, 0.4) is 0 Å². The molecule has 0 radical (unpaired) electrons. The first-order chi connectivity index (χ1) is 13.3. The lowest BCUT2D eigenvalue weighted by atomic mass is 10.2. The van der Waals surface area contributed by atoms with Gasteiger partial charge in [-0.3, -0.25) is 9.52 Å². The number of benzene rings is 1. The lowest BCUT2D eigenvalue weighted by Crippen LogP contribution is -2.32. The third-order valence-electron chi connectivity index (χ3n) is 4.16. The summed E-state index contributed by atoms with van der Waals surface area (Å²) in [6.45, 7) is 1.31. The molecule has 1 aliphatic rings. The van der Waals surface area contributed by atoms with Gasteiger partial charge in [-0.15, -0.1) is 10.2 Å². The van der Waals surface area contributed by atoms with E-state index in [1.54, 1.807) is 28.8 Å². The van der Waals surface area contributed by atoms with Gasteiger partial charge in [0, 0.05) is 31.5 Å². The number of amides is 1. The molecule has 1 atom stereocenters. The van der Waals surface area contributed by atoms with Crippen molar-refractivity contribution in [1.82, 2.24) is 20.1 Å². The second-order valence-electron chi connectivity index (χ2n) is 6.54. The van der Waals surface area contributed by atoms with E-state index in [0.29, 0.717) is 23.2 Å². The zero-order valence-electron chi connectivity index (χ0n) is 15.7. The number of nitrogens with one attached hydrogen (secondary N) is 2. The Hall–Kier alpha value is -2.11. The quantitative estimate of drug-likeness (QED) is 0.612.